The zero-order chi connectivity index (χ0) is 36.0. The minimum Gasteiger partial charge on any atom is -0.390 e. The van der Waals surface area contributed by atoms with Gasteiger partial charge in [-0.3, -0.25) is 14.4 Å². The van der Waals surface area contributed by atoms with Crippen LogP contribution in [-0.2, 0) is 23.9 Å². The van der Waals surface area contributed by atoms with Crippen LogP contribution in [0.15, 0.2) is 58.1 Å². The Morgan fingerprint density at radius 2 is 1.52 bits per heavy atom. The molecule has 48 heavy (non-hydrogen) atoms. The van der Waals surface area contributed by atoms with E-state index in [1.807, 2.05) is 72.4 Å². The fourth-order valence-electron chi connectivity index (χ4n) is 5.81. The van der Waals surface area contributed by atoms with Gasteiger partial charge in [-0.1, -0.05) is 43.7 Å². The van der Waals surface area contributed by atoms with Gasteiger partial charge in [0.15, 0.2) is 0 Å². The monoisotopic (exact) mass is 670 g/mol. The lowest BCUT2D eigenvalue weighted by atomic mass is 9.84. The van der Waals surface area contributed by atoms with E-state index in [9.17, 15) is 19.5 Å². The van der Waals surface area contributed by atoms with Crippen molar-refractivity contribution in [1.29, 1.82) is 0 Å². The lowest BCUT2D eigenvalue weighted by molar-refractivity contribution is -0.120. The van der Waals surface area contributed by atoms with Gasteiger partial charge in [0.25, 0.3) is 5.91 Å². The number of hydrogen-bond acceptors (Lipinski definition) is 10. The zero-order valence-electron chi connectivity index (χ0n) is 30.8. The molecule has 1 aliphatic carbocycles. The highest BCUT2D eigenvalue weighted by Crippen LogP contribution is 2.30. The molecule has 2 aliphatic rings. The number of Topliss-reactive ketones (excluding diaryl/α,β-unsaturated/α-hetero) is 2. The van der Waals surface area contributed by atoms with Gasteiger partial charge < -0.3 is 40.3 Å². The average molecular weight is 671 g/mol. The van der Waals surface area contributed by atoms with Crippen molar-refractivity contribution in [3.8, 4) is 0 Å². The third-order valence-corrected chi connectivity index (χ3v) is 8.55. The fraction of sp³-hybridized carbons (Fsp3) is 0.622. The number of nitrogens with zero attached hydrogens (tertiary/aromatic N) is 2. The number of hydrogen-bond donors (Lipinski definition) is 4. The van der Waals surface area contributed by atoms with Gasteiger partial charge in [0.05, 0.1) is 24.0 Å². The Kier molecular flexibility index (Phi) is 17.5. The summed E-state index contributed by atoms with van der Waals surface area (Å²) in [6, 6.07) is 0. The summed E-state index contributed by atoms with van der Waals surface area (Å²) in [7, 11) is 11.1. The average Bonchev–Trinajstić information content (AvgIpc) is 3.02. The van der Waals surface area contributed by atoms with E-state index in [0.717, 1.165) is 31.5 Å². The second kappa shape index (κ2) is 20.4. The highest BCUT2D eigenvalue weighted by Gasteiger charge is 2.37. The molecule has 5 atom stereocenters. The summed E-state index contributed by atoms with van der Waals surface area (Å²) < 4.78 is 11.4. The maximum absolute atomic E-state index is 14.4. The van der Waals surface area contributed by atoms with E-state index in [-0.39, 0.29) is 47.2 Å². The highest BCUT2D eigenvalue weighted by molar-refractivity contribution is 6.25. The largest absolute Gasteiger partial charge is 0.390 e. The smallest absolute Gasteiger partial charge is 0.251 e. The number of amides is 1. The number of carbonyl (C=O) groups excluding carboxylic acids is 3. The van der Waals surface area contributed by atoms with E-state index in [0.29, 0.717) is 30.7 Å². The van der Waals surface area contributed by atoms with Crippen LogP contribution in [0.1, 0.15) is 53.4 Å². The van der Waals surface area contributed by atoms with Crippen LogP contribution in [-0.4, -0.2) is 119 Å². The van der Waals surface area contributed by atoms with Gasteiger partial charge in [-0.25, -0.2) is 0 Å². The summed E-state index contributed by atoms with van der Waals surface area (Å²) in [6.07, 6.45) is 9.62. The van der Waals surface area contributed by atoms with Crippen molar-refractivity contribution in [3.63, 3.8) is 0 Å². The second-order valence-corrected chi connectivity index (χ2v) is 13.6. The number of allylic oxidation sites excluding steroid dienone is 3. The molecule has 0 fully saturated rings. The zero-order valence-corrected chi connectivity index (χ0v) is 30.8. The van der Waals surface area contributed by atoms with E-state index < -0.39 is 23.9 Å². The van der Waals surface area contributed by atoms with Crippen LogP contribution in [0, 0.1) is 18.3 Å². The Hall–Kier alpha value is -3.09. The van der Waals surface area contributed by atoms with E-state index in [4.69, 9.17) is 9.47 Å². The van der Waals surface area contributed by atoms with Gasteiger partial charge in [-0.05, 0) is 86.7 Å². The molecule has 1 aliphatic heterocycles. The molecule has 269 valence electrons. The van der Waals surface area contributed by atoms with Crippen LogP contribution in [0.5, 0.6) is 0 Å². The van der Waals surface area contributed by atoms with Crippen molar-refractivity contribution in [2.75, 3.05) is 68.6 Å². The fourth-order valence-corrected chi connectivity index (χ4v) is 5.81. The molecule has 0 aromatic carbocycles. The van der Waals surface area contributed by atoms with Gasteiger partial charge in [0.1, 0.15) is 11.4 Å². The minimum absolute atomic E-state index is 0.0505. The minimum atomic E-state index is -0.806. The molecule has 1 amide bonds. The van der Waals surface area contributed by atoms with Crippen LogP contribution in [0.2, 0.25) is 0 Å². The van der Waals surface area contributed by atoms with Crippen LogP contribution < -0.4 is 16.0 Å². The first-order valence-electron chi connectivity index (χ1n) is 17.0. The Morgan fingerprint density at radius 3 is 2.08 bits per heavy atom. The number of aliphatic hydroxyl groups is 1. The van der Waals surface area contributed by atoms with E-state index in [1.165, 1.54) is 0 Å². The molecule has 0 unspecified atom stereocenters. The van der Waals surface area contributed by atoms with Crippen molar-refractivity contribution in [2.45, 2.75) is 71.7 Å². The summed E-state index contributed by atoms with van der Waals surface area (Å²) in [5, 5.41) is 20.6. The first-order valence-corrected chi connectivity index (χ1v) is 17.0. The maximum atomic E-state index is 14.4. The summed E-state index contributed by atoms with van der Waals surface area (Å²) in [6.45, 7) is 10.1. The summed E-state index contributed by atoms with van der Waals surface area (Å²) in [5.74, 6) is -1.62. The van der Waals surface area contributed by atoms with Crippen LogP contribution >= 0.6 is 0 Å². The van der Waals surface area contributed by atoms with Crippen molar-refractivity contribution in [1.82, 2.24) is 25.8 Å². The van der Waals surface area contributed by atoms with Crippen molar-refractivity contribution >= 4 is 17.5 Å². The molecule has 11 heteroatoms. The SMILES string of the molecule is CO[C@H]1C[C@H](C)CC2=C(NCCCN(C)C)C(=O)C(NCCCN(C)C)=C(NC(=O)/C(C)=C/C=C/[C@@H](OC)[CH]/C(C)=C/[C@H](C)[C@H]1O)C2=O. The Balaban J connectivity index is 2.65. The van der Waals surface area contributed by atoms with Crippen molar-refractivity contribution < 1.29 is 29.0 Å². The summed E-state index contributed by atoms with van der Waals surface area (Å²) >= 11 is 0. The molecular formula is C37H60N5O6. The number of rotatable bonds is 12. The number of carbonyl (C=O) groups is 3. The van der Waals surface area contributed by atoms with E-state index in [2.05, 4.69) is 20.9 Å². The molecule has 4 N–H and O–H groups in total. The Bertz CT molecular complexity index is 1260. The third-order valence-electron chi connectivity index (χ3n) is 8.55. The molecule has 2 bridgehead atoms. The van der Waals surface area contributed by atoms with Crippen molar-refractivity contribution in [3.05, 3.63) is 64.5 Å². The number of nitrogens with one attached hydrogen (secondary N) is 3. The molecule has 0 spiro atoms. The summed E-state index contributed by atoms with van der Waals surface area (Å²) in [5.41, 5.74) is 1.90. The van der Waals surface area contributed by atoms with Crippen LogP contribution in [0.3, 0.4) is 0 Å². The van der Waals surface area contributed by atoms with E-state index in [1.54, 1.807) is 33.3 Å². The van der Waals surface area contributed by atoms with Crippen LogP contribution in [0.4, 0.5) is 0 Å². The molecule has 0 aromatic heterocycles. The molecule has 0 saturated heterocycles. The third kappa shape index (κ3) is 12.7. The van der Waals surface area contributed by atoms with Gasteiger partial charge in [-0.15, -0.1) is 0 Å². The topological polar surface area (TPSA) is 132 Å². The predicted molar refractivity (Wildman–Crippen MR) is 191 cm³/mol. The number of fused-ring (bicyclic) bond motifs is 2. The van der Waals surface area contributed by atoms with Gasteiger partial charge >= 0.3 is 0 Å². The van der Waals surface area contributed by atoms with Gasteiger partial charge in [0.2, 0.25) is 11.6 Å². The first kappa shape index (κ1) is 41.1. The predicted octanol–water partition coefficient (Wildman–Crippen LogP) is 2.91. The molecule has 1 heterocycles. The maximum Gasteiger partial charge on any atom is 0.251 e. The Labute approximate surface area is 288 Å². The first-order chi connectivity index (χ1) is 22.7. The summed E-state index contributed by atoms with van der Waals surface area (Å²) in [4.78, 5) is 46.2. The lowest BCUT2D eigenvalue weighted by Crippen LogP contribution is -2.43. The molecule has 0 saturated carbocycles. The highest BCUT2D eigenvalue weighted by atomic mass is 16.5. The molecule has 2 rings (SSSR count). The molecule has 11 nitrogen and oxygen atoms in total. The normalized spacial score (nSPS) is 28.3. The van der Waals surface area contributed by atoms with Crippen molar-refractivity contribution in [2.24, 2.45) is 11.8 Å². The van der Waals surface area contributed by atoms with Gasteiger partial charge in [0, 0.05) is 50.8 Å². The molecular weight excluding hydrogens is 610 g/mol. The molecule has 1 radical (unpaired) electrons. The number of aliphatic hydroxyl groups excluding tert-OH is 1. The van der Waals surface area contributed by atoms with Gasteiger partial charge in [-0.2, -0.15) is 0 Å². The second-order valence-electron chi connectivity index (χ2n) is 13.6. The standard InChI is InChI=1S/C37H60N5O6/c1-24-20-27(4)34(43)30(48-10)23-25(2)22-29-31(38-16-12-18-41(5)6)36(45)32(39-17-13-19-42(7)8)33(35(29)44)40-37(46)26(3)14-11-15-28(21-24)47-9/h11,14-15,20-21,25,27-28,30,34,38-39,43H,12-13,16-19,22-23H2,1-10H3,(H,40,46)/b15-11+,24-20+,26-14+/t25-,27+,28-,30+,34-/m1/s1. The number of ketones is 2. The lowest BCUT2D eigenvalue weighted by Gasteiger charge is -2.30. The number of methoxy groups -OCH3 is 2. The quantitative estimate of drug-likeness (QED) is 0.182. The van der Waals surface area contributed by atoms with Crippen LogP contribution in [0.25, 0.3) is 0 Å². The Morgan fingerprint density at radius 1 is 0.917 bits per heavy atom. The van der Waals surface area contributed by atoms with E-state index >= 15 is 0 Å². The number of ether oxygens (including phenoxy) is 2. The molecule has 0 aromatic rings.